The number of fused-ring (bicyclic) bond motifs is 1. The van der Waals surface area contributed by atoms with Crippen LogP contribution in [0.4, 0.5) is 0 Å². The van der Waals surface area contributed by atoms with E-state index < -0.39 is 0 Å². The third kappa shape index (κ3) is 1.55. The van der Waals surface area contributed by atoms with Crippen LogP contribution in [0.2, 0.25) is 0 Å². The van der Waals surface area contributed by atoms with Crippen molar-refractivity contribution < 1.29 is 9.47 Å². The molecule has 3 heteroatoms. The van der Waals surface area contributed by atoms with Gasteiger partial charge in [-0.2, -0.15) is 0 Å². The number of hydrogen-bond acceptors (Lipinski definition) is 3. The molecule has 0 bridgehead atoms. The summed E-state index contributed by atoms with van der Waals surface area (Å²) in [5.41, 5.74) is 8.72. The Morgan fingerprint density at radius 1 is 1.19 bits per heavy atom. The number of benzene rings is 1. The van der Waals surface area contributed by atoms with Crippen molar-refractivity contribution in [3.63, 3.8) is 0 Å². The molecule has 0 amide bonds. The number of methoxy groups -OCH3 is 2. The van der Waals surface area contributed by atoms with Crippen LogP contribution in [0.5, 0.6) is 11.5 Å². The summed E-state index contributed by atoms with van der Waals surface area (Å²) in [4.78, 5) is 0. The van der Waals surface area contributed by atoms with Gasteiger partial charge in [0.2, 0.25) is 0 Å². The fourth-order valence-corrected chi connectivity index (χ4v) is 2.56. The predicted molar refractivity (Wildman–Crippen MR) is 64.1 cm³/mol. The molecule has 0 radical (unpaired) electrons. The maximum absolute atomic E-state index is 6.14. The normalized spacial score (nSPS) is 21.7. The zero-order valence-electron chi connectivity index (χ0n) is 10.3. The first-order valence-corrected chi connectivity index (χ1v) is 5.51. The summed E-state index contributed by atoms with van der Waals surface area (Å²) in [6, 6.07) is 4.17. The zero-order valence-corrected chi connectivity index (χ0v) is 10.3. The van der Waals surface area contributed by atoms with E-state index in [9.17, 15) is 0 Å². The molecule has 2 N–H and O–H groups in total. The molecule has 2 rings (SSSR count). The number of nitrogens with two attached hydrogens (primary N) is 1. The Morgan fingerprint density at radius 2 is 1.75 bits per heavy atom. The molecule has 0 heterocycles. The Kier molecular flexibility index (Phi) is 2.58. The quantitative estimate of drug-likeness (QED) is 0.834. The summed E-state index contributed by atoms with van der Waals surface area (Å²) in [6.07, 6.45) is 0.971. The molecule has 0 saturated heterocycles. The first-order chi connectivity index (χ1) is 7.49. The summed E-state index contributed by atoms with van der Waals surface area (Å²) >= 11 is 0. The molecule has 0 saturated carbocycles. The lowest BCUT2D eigenvalue weighted by atomic mass is 9.86. The van der Waals surface area contributed by atoms with Crippen molar-refractivity contribution in [2.45, 2.75) is 31.7 Å². The molecule has 0 aliphatic heterocycles. The minimum Gasteiger partial charge on any atom is -0.493 e. The minimum absolute atomic E-state index is 0.102. The molecule has 0 spiro atoms. The molecule has 0 unspecified atom stereocenters. The lowest BCUT2D eigenvalue weighted by molar-refractivity contribution is 0.353. The van der Waals surface area contributed by atoms with Crippen LogP contribution < -0.4 is 15.2 Å². The minimum atomic E-state index is 0.102. The topological polar surface area (TPSA) is 44.5 Å². The number of hydrogen-bond donors (Lipinski definition) is 1. The van der Waals surface area contributed by atoms with Crippen LogP contribution in [-0.2, 0) is 5.41 Å². The van der Waals surface area contributed by atoms with Gasteiger partial charge < -0.3 is 15.2 Å². The van der Waals surface area contributed by atoms with Crippen molar-refractivity contribution >= 4 is 0 Å². The van der Waals surface area contributed by atoms with Gasteiger partial charge in [0, 0.05) is 6.04 Å². The molecule has 1 aromatic carbocycles. The highest BCUT2D eigenvalue weighted by Crippen LogP contribution is 2.47. The van der Waals surface area contributed by atoms with Crippen LogP contribution in [-0.4, -0.2) is 14.2 Å². The molecular formula is C13H19NO2. The van der Waals surface area contributed by atoms with Crippen molar-refractivity contribution in [1.82, 2.24) is 0 Å². The van der Waals surface area contributed by atoms with E-state index in [0.29, 0.717) is 0 Å². The first kappa shape index (κ1) is 11.3. The third-order valence-electron chi connectivity index (χ3n) is 3.41. The van der Waals surface area contributed by atoms with Crippen LogP contribution in [0, 0.1) is 0 Å². The van der Waals surface area contributed by atoms with E-state index in [-0.39, 0.29) is 11.5 Å². The molecule has 16 heavy (non-hydrogen) atoms. The number of rotatable bonds is 2. The Hall–Kier alpha value is -1.22. The fourth-order valence-electron chi connectivity index (χ4n) is 2.56. The Morgan fingerprint density at radius 3 is 2.31 bits per heavy atom. The van der Waals surface area contributed by atoms with Gasteiger partial charge in [-0.15, -0.1) is 0 Å². The average molecular weight is 221 g/mol. The highest BCUT2D eigenvalue weighted by molar-refractivity contribution is 5.53. The molecule has 3 nitrogen and oxygen atoms in total. The van der Waals surface area contributed by atoms with E-state index in [1.807, 2.05) is 6.07 Å². The maximum atomic E-state index is 6.14. The van der Waals surface area contributed by atoms with Gasteiger partial charge in [-0.25, -0.2) is 0 Å². The van der Waals surface area contributed by atoms with E-state index in [1.54, 1.807) is 14.2 Å². The summed E-state index contributed by atoms with van der Waals surface area (Å²) < 4.78 is 10.6. The monoisotopic (exact) mass is 221 g/mol. The molecule has 0 fully saturated rings. The van der Waals surface area contributed by atoms with Crippen molar-refractivity contribution in [2.75, 3.05) is 14.2 Å². The van der Waals surface area contributed by atoms with Crippen molar-refractivity contribution in [1.29, 1.82) is 0 Å². The van der Waals surface area contributed by atoms with E-state index >= 15 is 0 Å². The summed E-state index contributed by atoms with van der Waals surface area (Å²) in [5.74, 6) is 1.54. The zero-order chi connectivity index (χ0) is 11.9. The van der Waals surface area contributed by atoms with Crippen LogP contribution >= 0.6 is 0 Å². The molecular weight excluding hydrogens is 202 g/mol. The molecule has 1 aliphatic carbocycles. The molecule has 1 atom stereocenters. The second-order valence-electron chi connectivity index (χ2n) is 4.99. The van der Waals surface area contributed by atoms with Gasteiger partial charge in [0.25, 0.3) is 0 Å². The summed E-state index contributed by atoms with van der Waals surface area (Å²) in [6.45, 7) is 4.43. The Bertz CT molecular complexity index is 413. The largest absolute Gasteiger partial charge is 0.493 e. The van der Waals surface area contributed by atoms with E-state index in [4.69, 9.17) is 15.2 Å². The predicted octanol–water partition coefficient (Wildman–Crippen LogP) is 2.38. The van der Waals surface area contributed by atoms with Gasteiger partial charge in [0.05, 0.1) is 14.2 Å². The Labute approximate surface area is 96.5 Å². The van der Waals surface area contributed by atoms with Crippen molar-refractivity contribution in [3.05, 3.63) is 23.3 Å². The maximum Gasteiger partial charge on any atom is 0.161 e. The smallest absolute Gasteiger partial charge is 0.161 e. The second kappa shape index (κ2) is 3.67. The van der Waals surface area contributed by atoms with Gasteiger partial charge in [-0.05, 0) is 35.1 Å². The molecule has 1 aliphatic rings. The van der Waals surface area contributed by atoms with Gasteiger partial charge in [-0.1, -0.05) is 13.8 Å². The average Bonchev–Trinajstić information content (AvgIpc) is 2.47. The number of ether oxygens (including phenoxy) is 2. The van der Waals surface area contributed by atoms with Gasteiger partial charge in [0.1, 0.15) is 0 Å². The fraction of sp³-hybridized carbons (Fsp3) is 0.538. The highest BCUT2D eigenvalue weighted by atomic mass is 16.5. The van der Waals surface area contributed by atoms with E-state index in [2.05, 4.69) is 19.9 Å². The molecule has 1 aromatic rings. The molecule has 88 valence electrons. The SMILES string of the molecule is COc1cc2c(cc1OC)C(C)(C)C[C@@H]2N. The standard InChI is InChI=1S/C13H19NO2/c1-13(2)7-10(14)8-5-11(15-3)12(16-4)6-9(8)13/h5-6,10H,7,14H2,1-4H3/t10-/m0/s1. The first-order valence-electron chi connectivity index (χ1n) is 5.51. The van der Waals surface area contributed by atoms with Crippen LogP contribution in [0.15, 0.2) is 12.1 Å². The van der Waals surface area contributed by atoms with E-state index in [1.165, 1.54) is 11.1 Å². The summed E-state index contributed by atoms with van der Waals surface area (Å²) in [7, 11) is 3.31. The molecule has 0 aromatic heterocycles. The van der Waals surface area contributed by atoms with Crippen LogP contribution in [0.1, 0.15) is 37.4 Å². The van der Waals surface area contributed by atoms with Gasteiger partial charge in [-0.3, -0.25) is 0 Å². The lowest BCUT2D eigenvalue weighted by Gasteiger charge is -2.20. The highest BCUT2D eigenvalue weighted by Gasteiger charge is 2.36. The lowest BCUT2D eigenvalue weighted by Crippen LogP contribution is -2.14. The van der Waals surface area contributed by atoms with E-state index in [0.717, 1.165) is 17.9 Å². The van der Waals surface area contributed by atoms with Crippen LogP contribution in [0.25, 0.3) is 0 Å². The van der Waals surface area contributed by atoms with Gasteiger partial charge in [0.15, 0.2) is 11.5 Å². The summed E-state index contributed by atoms with van der Waals surface area (Å²) in [5, 5.41) is 0. The van der Waals surface area contributed by atoms with Gasteiger partial charge >= 0.3 is 0 Å². The third-order valence-corrected chi connectivity index (χ3v) is 3.41. The van der Waals surface area contributed by atoms with Crippen molar-refractivity contribution in [3.8, 4) is 11.5 Å². The second-order valence-corrected chi connectivity index (χ2v) is 4.99. The Balaban J connectivity index is 2.59. The van der Waals surface area contributed by atoms with Crippen LogP contribution in [0.3, 0.4) is 0 Å². The van der Waals surface area contributed by atoms with Crippen molar-refractivity contribution in [2.24, 2.45) is 5.73 Å².